The van der Waals surface area contributed by atoms with Crippen LogP contribution in [0.5, 0.6) is 0 Å². The Labute approximate surface area is 142 Å². The van der Waals surface area contributed by atoms with Crippen LogP contribution in [0.2, 0.25) is 5.02 Å². The predicted molar refractivity (Wildman–Crippen MR) is 90.3 cm³/mol. The molecule has 0 aliphatic heterocycles. The van der Waals surface area contributed by atoms with Crippen molar-refractivity contribution in [1.29, 1.82) is 0 Å². The van der Waals surface area contributed by atoms with Crippen molar-refractivity contribution in [1.82, 2.24) is 4.98 Å². The number of nitrogens with zero attached hydrogens (tertiary/aromatic N) is 1. The summed E-state index contributed by atoms with van der Waals surface area (Å²) in [6.45, 7) is 0. The van der Waals surface area contributed by atoms with Gasteiger partial charge >= 0.3 is 0 Å². The Kier molecular flexibility index (Phi) is 4.58. The molecule has 0 aliphatic rings. The van der Waals surface area contributed by atoms with Gasteiger partial charge in [0.2, 0.25) is 0 Å². The first-order chi connectivity index (χ1) is 11.6. The molecule has 1 aromatic carbocycles. The van der Waals surface area contributed by atoms with Crippen molar-refractivity contribution >= 4 is 34.8 Å². The molecule has 0 unspecified atom stereocenters. The van der Waals surface area contributed by atoms with E-state index in [1.165, 1.54) is 18.5 Å². The normalized spacial score (nSPS) is 10.2. The van der Waals surface area contributed by atoms with Crippen LogP contribution in [-0.4, -0.2) is 16.8 Å². The molecule has 3 aromatic rings. The number of rotatable bonds is 4. The van der Waals surface area contributed by atoms with Crippen LogP contribution in [0.25, 0.3) is 0 Å². The Hall–Kier alpha value is -3.12. The average molecular weight is 342 g/mol. The van der Waals surface area contributed by atoms with Gasteiger partial charge in [-0.2, -0.15) is 0 Å². The summed E-state index contributed by atoms with van der Waals surface area (Å²) in [5.74, 6) is -0.496. The van der Waals surface area contributed by atoms with E-state index in [-0.39, 0.29) is 23.3 Å². The maximum Gasteiger partial charge on any atom is 0.291 e. The minimum absolute atomic E-state index is 0.220. The van der Waals surface area contributed by atoms with Crippen LogP contribution in [0.4, 0.5) is 11.4 Å². The molecule has 0 saturated carbocycles. The fourth-order valence-corrected chi connectivity index (χ4v) is 2.12. The Balaban J connectivity index is 1.64. The average Bonchev–Trinajstić information content (AvgIpc) is 3.11. The van der Waals surface area contributed by atoms with Crippen LogP contribution in [-0.2, 0) is 0 Å². The van der Waals surface area contributed by atoms with Gasteiger partial charge in [0.25, 0.3) is 11.8 Å². The molecular weight excluding hydrogens is 330 g/mol. The maximum atomic E-state index is 12.1. The molecule has 0 fully saturated rings. The van der Waals surface area contributed by atoms with Crippen molar-refractivity contribution in [2.75, 3.05) is 10.6 Å². The summed E-state index contributed by atoms with van der Waals surface area (Å²) in [7, 11) is 0. The molecule has 2 N–H and O–H groups in total. The second-order valence-corrected chi connectivity index (χ2v) is 5.26. The summed E-state index contributed by atoms with van der Waals surface area (Å²) in [6.07, 6.45) is 2.89. The monoisotopic (exact) mass is 341 g/mol. The number of halogens is 1. The molecule has 24 heavy (non-hydrogen) atoms. The second-order valence-electron chi connectivity index (χ2n) is 4.82. The number of anilines is 2. The highest BCUT2D eigenvalue weighted by Gasteiger charge is 2.10. The molecule has 2 amide bonds. The van der Waals surface area contributed by atoms with E-state index in [0.29, 0.717) is 16.4 Å². The van der Waals surface area contributed by atoms with Crippen molar-refractivity contribution in [2.45, 2.75) is 0 Å². The van der Waals surface area contributed by atoms with Crippen LogP contribution in [0.15, 0.2) is 65.4 Å². The number of amides is 2. The van der Waals surface area contributed by atoms with Gasteiger partial charge in [-0.1, -0.05) is 11.6 Å². The van der Waals surface area contributed by atoms with Crippen molar-refractivity contribution in [3.8, 4) is 0 Å². The fraction of sp³-hybridized carbons (Fsp3) is 0. The van der Waals surface area contributed by atoms with Gasteiger partial charge in [0.05, 0.1) is 6.26 Å². The lowest BCUT2D eigenvalue weighted by Crippen LogP contribution is -2.14. The Morgan fingerprint density at radius 1 is 0.958 bits per heavy atom. The van der Waals surface area contributed by atoms with E-state index in [1.54, 1.807) is 42.5 Å². The van der Waals surface area contributed by atoms with E-state index in [4.69, 9.17) is 16.0 Å². The number of carbonyl (C=O) groups is 2. The largest absolute Gasteiger partial charge is 0.459 e. The molecule has 2 heterocycles. The van der Waals surface area contributed by atoms with Gasteiger partial charge in [-0.15, -0.1) is 0 Å². The van der Waals surface area contributed by atoms with Crippen LogP contribution in [0.1, 0.15) is 21.0 Å². The fourth-order valence-electron chi connectivity index (χ4n) is 1.96. The molecule has 0 aliphatic carbocycles. The lowest BCUT2D eigenvalue weighted by atomic mass is 10.2. The molecule has 2 aromatic heterocycles. The summed E-state index contributed by atoms with van der Waals surface area (Å²) in [5, 5.41) is 5.83. The number of benzene rings is 1. The number of hydrogen-bond donors (Lipinski definition) is 2. The quantitative estimate of drug-likeness (QED) is 0.755. The first-order valence-electron chi connectivity index (χ1n) is 6.99. The summed E-state index contributed by atoms with van der Waals surface area (Å²) < 4.78 is 5.02. The maximum absolute atomic E-state index is 12.1. The molecule has 0 bridgehead atoms. The molecule has 0 radical (unpaired) electrons. The molecular formula is C17H12ClN3O3. The van der Waals surface area contributed by atoms with E-state index in [9.17, 15) is 9.59 Å². The van der Waals surface area contributed by atoms with Crippen molar-refractivity contribution in [3.05, 3.63) is 77.5 Å². The standard InChI is InChI=1S/C17H12ClN3O3/c18-11-7-8-19-14(10-11)16(22)20-12-3-5-13(6-4-12)21-17(23)15-2-1-9-24-15/h1-10H,(H,20,22)(H,21,23). The van der Waals surface area contributed by atoms with E-state index in [2.05, 4.69) is 15.6 Å². The predicted octanol–water partition coefficient (Wildman–Crippen LogP) is 3.83. The third-order valence-corrected chi connectivity index (χ3v) is 3.34. The van der Waals surface area contributed by atoms with Gasteiger partial charge in [-0.05, 0) is 48.5 Å². The van der Waals surface area contributed by atoms with Gasteiger partial charge in [0, 0.05) is 22.6 Å². The molecule has 0 atom stereocenters. The zero-order valence-electron chi connectivity index (χ0n) is 12.3. The van der Waals surface area contributed by atoms with Crippen molar-refractivity contribution in [3.63, 3.8) is 0 Å². The third kappa shape index (κ3) is 3.80. The highest BCUT2D eigenvalue weighted by atomic mass is 35.5. The first kappa shape index (κ1) is 15.8. The van der Waals surface area contributed by atoms with Gasteiger partial charge in [-0.25, -0.2) is 0 Å². The third-order valence-electron chi connectivity index (χ3n) is 3.10. The number of carbonyl (C=O) groups excluding carboxylic acids is 2. The van der Waals surface area contributed by atoms with E-state index in [0.717, 1.165) is 0 Å². The first-order valence-corrected chi connectivity index (χ1v) is 7.37. The zero-order chi connectivity index (χ0) is 16.9. The lowest BCUT2D eigenvalue weighted by Gasteiger charge is -2.07. The highest BCUT2D eigenvalue weighted by Crippen LogP contribution is 2.16. The number of nitrogens with one attached hydrogen (secondary N) is 2. The minimum Gasteiger partial charge on any atom is -0.459 e. The van der Waals surface area contributed by atoms with E-state index < -0.39 is 0 Å². The van der Waals surface area contributed by atoms with E-state index in [1.807, 2.05) is 0 Å². The number of furan rings is 1. The lowest BCUT2D eigenvalue weighted by molar-refractivity contribution is 0.0994. The zero-order valence-corrected chi connectivity index (χ0v) is 13.1. The number of pyridine rings is 1. The Morgan fingerprint density at radius 3 is 2.21 bits per heavy atom. The smallest absolute Gasteiger partial charge is 0.291 e. The topological polar surface area (TPSA) is 84.2 Å². The molecule has 0 spiro atoms. The van der Waals surface area contributed by atoms with E-state index >= 15 is 0 Å². The van der Waals surface area contributed by atoms with Crippen LogP contribution in [0, 0.1) is 0 Å². The Bertz CT molecular complexity index is 861. The molecule has 120 valence electrons. The summed E-state index contributed by atoms with van der Waals surface area (Å²) in [5.41, 5.74) is 1.37. The van der Waals surface area contributed by atoms with Crippen molar-refractivity contribution in [2.24, 2.45) is 0 Å². The Morgan fingerprint density at radius 2 is 1.62 bits per heavy atom. The van der Waals surface area contributed by atoms with Crippen LogP contribution in [0.3, 0.4) is 0 Å². The summed E-state index contributed by atoms with van der Waals surface area (Å²) in [6, 6.07) is 13.0. The molecule has 0 saturated heterocycles. The summed E-state index contributed by atoms with van der Waals surface area (Å²) >= 11 is 5.84. The van der Waals surface area contributed by atoms with Crippen LogP contribution >= 0.6 is 11.6 Å². The second kappa shape index (κ2) is 6.97. The van der Waals surface area contributed by atoms with Crippen molar-refractivity contribution < 1.29 is 14.0 Å². The molecule has 6 nitrogen and oxygen atoms in total. The molecule has 7 heteroatoms. The number of hydrogen-bond acceptors (Lipinski definition) is 4. The van der Waals surface area contributed by atoms with Gasteiger partial charge in [0.15, 0.2) is 5.76 Å². The van der Waals surface area contributed by atoms with Gasteiger partial charge < -0.3 is 15.1 Å². The van der Waals surface area contributed by atoms with Gasteiger partial charge in [-0.3, -0.25) is 14.6 Å². The molecule has 3 rings (SSSR count). The SMILES string of the molecule is O=C(Nc1ccc(NC(=O)c2ccco2)cc1)c1cc(Cl)ccn1. The van der Waals surface area contributed by atoms with Gasteiger partial charge in [0.1, 0.15) is 5.69 Å². The minimum atomic E-state index is -0.370. The van der Waals surface area contributed by atoms with Crippen LogP contribution < -0.4 is 10.6 Å². The summed E-state index contributed by atoms with van der Waals surface area (Å²) in [4.78, 5) is 27.9. The highest BCUT2D eigenvalue weighted by molar-refractivity contribution is 6.30. The number of aromatic nitrogens is 1.